The highest BCUT2D eigenvalue weighted by Gasteiger charge is 2.25. The number of aromatic nitrogens is 3. The average molecular weight is 341 g/mol. The van der Waals surface area contributed by atoms with Crippen molar-refractivity contribution < 1.29 is 14.3 Å². The molecule has 3 heterocycles. The van der Waals surface area contributed by atoms with Crippen LogP contribution in [0.4, 0.5) is 5.69 Å². The number of fused-ring (bicyclic) bond motifs is 2. The maximum Gasteiger partial charge on any atom is 0.265 e. The number of carbonyl (C=O) groups is 2. The fourth-order valence-electron chi connectivity index (χ4n) is 3.22. The summed E-state index contributed by atoms with van der Waals surface area (Å²) in [5.74, 6) is 2.18. The number of rotatable bonds is 5. The van der Waals surface area contributed by atoms with Crippen LogP contribution in [0, 0.1) is 0 Å². The summed E-state index contributed by atoms with van der Waals surface area (Å²) in [7, 11) is 0. The van der Waals surface area contributed by atoms with Crippen LogP contribution in [-0.2, 0) is 29.1 Å². The average Bonchev–Trinajstić information content (AvgIpc) is 3.23. The third-order valence-corrected chi connectivity index (χ3v) is 4.50. The number of carbonyl (C=O) groups excluding carboxylic acids is 2. The quantitative estimate of drug-likeness (QED) is 0.863. The Morgan fingerprint density at radius 2 is 2.16 bits per heavy atom. The van der Waals surface area contributed by atoms with E-state index in [9.17, 15) is 9.59 Å². The van der Waals surface area contributed by atoms with Gasteiger partial charge in [-0.3, -0.25) is 9.59 Å². The number of ether oxygens (including phenoxy) is 1. The molecule has 1 N–H and O–H groups in total. The van der Waals surface area contributed by atoms with E-state index in [2.05, 4.69) is 20.1 Å². The molecule has 4 rings (SSSR count). The third-order valence-electron chi connectivity index (χ3n) is 4.50. The number of para-hydroxylation sites is 2. The summed E-state index contributed by atoms with van der Waals surface area (Å²) in [5.41, 5.74) is 0.710. The first-order valence-electron chi connectivity index (χ1n) is 8.42. The SMILES string of the molecule is O=C(CCN1C(=O)COc2ccccc21)NCc1nnc2n1CCC2. The first-order chi connectivity index (χ1) is 12.2. The zero-order chi connectivity index (χ0) is 17.2. The van der Waals surface area contributed by atoms with E-state index in [-0.39, 0.29) is 24.8 Å². The van der Waals surface area contributed by atoms with E-state index in [4.69, 9.17) is 4.74 Å². The molecular formula is C17H19N5O3. The van der Waals surface area contributed by atoms with Crippen LogP contribution in [-0.4, -0.2) is 39.7 Å². The van der Waals surface area contributed by atoms with E-state index < -0.39 is 0 Å². The van der Waals surface area contributed by atoms with Crippen LogP contribution in [0.3, 0.4) is 0 Å². The van der Waals surface area contributed by atoms with Crippen LogP contribution < -0.4 is 15.0 Å². The van der Waals surface area contributed by atoms with Crippen LogP contribution in [0.1, 0.15) is 24.5 Å². The lowest BCUT2D eigenvalue weighted by Gasteiger charge is -2.29. The van der Waals surface area contributed by atoms with Crippen molar-refractivity contribution in [1.82, 2.24) is 20.1 Å². The number of aryl methyl sites for hydroxylation is 1. The van der Waals surface area contributed by atoms with Gasteiger partial charge in [0.05, 0.1) is 12.2 Å². The second-order valence-electron chi connectivity index (χ2n) is 6.12. The first-order valence-corrected chi connectivity index (χ1v) is 8.42. The van der Waals surface area contributed by atoms with Crippen molar-refractivity contribution in [3.8, 4) is 5.75 Å². The fraction of sp³-hybridized carbons (Fsp3) is 0.412. The van der Waals surface area contributed by atoms with Gasteiger partial charge in [-0.05, 0) is 18.6 Å². The third kappa shape index (κ3) is 3.07. The lowest BCUT2D eigenvalue weighted by molar-refractivity contribution is -0.122. The predicted octanol–water partition coefficient (Wildman–Crippen LogP) is 0.656. The van der Waals surface area contributed by atoms with Crippen molar-refractivity contribution in [2.24, 2.45) is 0 Å². The van der Waals surface area contributed by atoms with Crippen LogP contribution >= 0.6 is 0 Å². The Labute approximate surface area is 144 Å². The summed E-state index contributed by atoms with van der Waals surface area (Å²) in [6.07, 6.45) is 2.24. The molecule has 0 saturated heterocycles. The van der Waals surface area contributed by atoms with Crippen molar-refractivity contribution in [3.63, 3.8) is 0 Å². The summed E-state index contributed by atoms with van der Waals surface area (Å²) in [5, 5.41) is 11.1. The Balaban J connectivity index is 1.33. The number of anilines is 1. The molecule has 8 heteroatoms. The van der Waals surface area contributed by atoms with Crippen molar-refractivity contribution in [2.75, 3.05) is 18.1 Å². The van der Waals surface area contributed by atoms with Gasteiger partial charge in [0, 0.05) is 25.9 Å². The molecule has 0 bridgehead atoms. The molecule has 0 aliphatic carbocycles. The molecule has 1 aromatic carbocycles. The van der Waals surface area contributed by atoms with Gasteiger partial charge in [-0.1, -0.05) is 12.1 Å². The van der Waals surface area contributed by atoms with Crippen molar-refractivity contribution in [3.05, 3.63) is 35.9 Å². The molecule has 2 aliphatic heterocycles. The molecule has 2 amide bonds. The maximum atomic E-state index is 12.2. The van der Waals surface area contributed by atoms with Crippen molar-refractivity contribution >= 4 is 17.5 Å². The number of nitrogens with one attached hydrogen (secondary N) is 1. The van der Waals surface area contributed by atoms with Gasteiger partial charge in [0.25, 0.3) is 5.91 Å². The molecule has 0 saturated carbocycles. The van der Waals surface area contributed by atoms with Crippen molar-refractivity contribution in [2.45, 2.75) is 32.4 Å². The molecule has 0 unspecified atom stereocenters. The summed E-state index contributed by atoms with van der Waals surface area (Å²) in [6, 6.07) is 7.35. The van der Waals surface area contributed by atoms with E-state index in [1.54, 1.807) is 4.90 Å². The Hall–Kier alpha value is -2.90. The molecule has 0 spiro atoms. The smallest absolute Gasteiger partial charge is 0.265 e. The van der Waals surface area contributed by atoms with Gasteiger partial charge >= 0.3 is 0 Å². The predicted molar refractivity (Wildman–Crippen MR) is 89.1 cm³/mol. The van der Waals surface area contributed by atoms with Gasteiger partial charge in [0.15, 0.2) is 12.4 Å². The summed E-state index contributed by atoms with van der Waals surface area (Å²) in [4.78, 5) is 25.9. The molecular weight excluding hydrogens is 322 g/mol. The van der Waals surface area contributed by atoms with Crippen molar-refractivity contribution in [1.29, 1.82) is 0 Å². The van der Waals surface area contributed by atoms with Gasteiger partial charge in [0.1, 0.15) is 11.6 Å². The molecule has 0 radical (unpaired) electrons. The number of nitrogens with zero attached hydrogens (tertiary/aromatic N) is 4. The van der Waals surface area contributed by atoms with E-state index in [1.165, 1.54) is 0 Å². The highest BCUT2D eigenvalue weighted by Crippen LogP contribution is 2.31. The standard InChI is InChI=1S/C17H19N5O3/c23-16(18-10-15-20-19-14-6-3-8-22(14)15)7-9-21-12-4-1-2-5-13(12)25-11-17(21)24/h1-2,4-5H,3,6-11H2,(H,18,23). The Morgan fingerprint density at radius 3 is 3.08 bits per heavy atom. The van der Waals surface area contributed by atoms with Gasteiger partial charge in [0.2, 0.25) is 5.91 Å². The van der Waals surface area contributed by atoms with E-state index >= 15 is 0 Å². The van der Waals surface area contributed by atoms with Gasteiger partial charge in [-0.15, -0.1) is 10.2 Å². The van der Waals surface area contributed by atoms with Gasteiger partial charge < -0.3 is 19.5 Å². The highest BCUT2D eigenvalue weighted by molar-refractivity contribution is 5.98. The summed E-state index contributed by atoms with van der Waals surface area (Å²) >= 11 is 0. The Morgan fingerprint density at radius 1 is 1.28 bits per heavy atom. The maximum absolute atomic E-state index is 12.2. The molecule has 2 aliphatic rings. The first kappa shape index (κ1) is 15.6. The van der Waals surface area contributed by atoms with Gasteiger partial charge in [-0.25, -0.2) is 0 Å². The lowest BCUT2D eigenvalue weighted by Crippen LogP contribution is -2.41. The fourth-order valence-corrected chi connectivity index (χ4v) is 3.22. The molecule has 8 nitrogen and oxygen atoms in total. The summed E-state index contributed by atoms with van der Waals surface area (Å²) in [6.45, 7) is 1.60. The second kappa shape index (κ2) is 6.54. The zero-order valence-corrected chi connectivity index (χ0v) is 13.8. The largest absolute Gasteiger partial charge is 0.482 e. The summed E-state index contributed by atoms with van der Waals surface area (Å²) < 4.78 is 7.46. The van der Waals surface area contributed by atoms with Crippen LogP contribution in [0.5, 0.6) is 5.75 Å². The number of benzene rings is 1. The molecule has 1 aromatic heterocycles. The highest BCUT2D eigenvalue weighted by atomic mass is 16.5. The van der Waals surface area contributed by atoms with Gasteiger partial charge in [-0.2, -0.15) is 0 Å². The van der Waals surface area contributed by atoms with E-state index in [0.29, 0.717) is 24.5 Å². The monoisotopic (exact) mass is 341 g/mol. The zero-order valence-electron chi connectivity index (χ0n) is 13.8. The second-order valence-corrected chi connectivity index (χ2v) is 6.12. The van der Waals surface area contributed by atoms with Crippen LogP contribution in [0.2, 0.25) is 0 Å². The number of hydrogen-bond acceptors (Lipinski definition) is 5. The number of amides is 2. The number of hydrogen-bond donors (Lipinski definition) is 1. The van der Waals surface area contributed by atoms with E-state index in [0.717, 1.165) is 31.0 Å². The molecule has 130 valence electrons. The topological polar surface area (TPSA) is 89.3 Å². The molecule has 0 atom stereocenters. The molecule has 0 fully saturated rings. The minimum Gasteiger partial charge on any atom is -0.482 e. The minimum atomic E-state index is -0.137. The molecule has 2 aromatic rings. The van der Waals surface area contributed by atoms with Crippen LogP contribution in [0.25, 0.3) is 0 Å². The lowest BCUT2D eigenvalue weighted by atomic mass is 10.2. The minimum absolute atomic E-state index is 0.00448. The molecule has 25 heavy (non-hydrogen) atoms. The Bertz CT molecular complexity index is 816. The normalized spacial score (nSPS) is 15.5. The Kier molecular flexibility index (Phi) is 4.09. The van der Waals surface area contributed by atoms with Crippen LogP contribution in [0.15, 0.2) is 24.3 Å². The van der Waals surface area contributed by atoms with E-state index in [1.807, 2.05) is 24.3 Å².